The normalized spacial score (nSPS) is 17.1. The van der Waals surface area contributed by atoms with Crippen molar-refractivity contribution in [3.63, 3.8) is 0 Å². The summed E-state index contributed by atoms with van der Waals surface area (Å²) in [6.45, 7) is 6.26. The summed E-state index contributed by atoms with van der Waals surface area (Å²) in [4.78, 5) is 27.7. The van der Waals surface area contributed by atoms with Gasteiger partial charge in [-0.15, -0.1) is 0 Å². The highest BCUT2D eigenvalue weighted by molar-refractivity contribution is 6.46. The number of carbonyl (C=O) groups is 2. The molecule has 2 aromatic carbocycles. The van der Waals surface area contributed by atoms with Gasteiger partial charge in [0, 0.05) is 5.56 Å². The van der Waals surface area contributed by atoms with E-state index in [1.54, 1.807) is 66.7 Å². The molecule has 1 N–H and O–H groups in total. The van der Waals surface area contributed by atoms with E-state index in [1.807, 2.05) is 6.92 Å². The van der Waals surface area contributed by atoms with E-state index in [-0.39, 0.29) is 17.9 Å². The molecule has 1 aromatic heterocycles. The average Bonchev–Trinajstić information content (AvgIpc) is 3.46. The van der Waals surface area contributed by atoms with Crippen molar-refractivity contribution in [1.82, 2.24) is 4.90 Å². The van der Waals surface area contributed by atoms with Crippen LogP contribution in [0.2, 0.25) is 0 Å². The van der Waals surface area contributed by atoms with Gasteiger partial charge in [0.1, 0.15) is 18.1 Å². The third kappa shape index (κ3) is 4.45. The molecule has 1 fully saturated rings. The number of rotatable bonds is 9. The fourth-order valence-corrected chi connectivity index (χ4v) is 3.94. The van der Waals surface area contributed by atoms with E-state index in [1.165, 1.54) is 11.2 Å². The molecule has 1 saturated heterocycles. The van der Waals surface area contributed by atoms with Crippen LogP contribution in [0.3, 0.4) is 0 Å². The number of hydrogen-bond acceptors (Lipinski definition) is 6. The van der Waals surface area contributed by atoms with Gasteiger partial charge < -0.3 is 23.9 Å². The molecule has 7 nitrogen and oxygen atoms in total. The van der Waals surface area contributed by atoms with Gasteiger partial charge in [0.05, 0.1) is 31.0 Å². The van der Waals surface area contributed by atoms with Crippen molar-refractivity contribution in [3.8, 4) is 11.5 Å². The molecular weight excluding hydrogens is 434 g/mol. The van der Waals surface area contributed by atoms with Crippen LogP contribution in [0.1, 0.15) is 29.9 Å². The van der Waals surface area contributed by atoms with Gasteiger partial charge in [-0.05, 0) is 36.8 Å². The number of nitrogens with zero attached hydrogens (tertiary/aromatic N) is 1. The van der Waals surface area contributed by atoms with Crippen molar-refractivity contribution in [2.75, 3.05) is 13.2 Å². The molecule has 0 spiro atoms. The summed E-state index contributed by atoms with van der Waals surface area (Å²) in [7, 11) is 0. The smallest absolute Gasteiger partial charge is 0.296 e. The summed E-state index contributed by atoms with van der Waals surface area (Å²) in [5.41, 5.74) is 1.04. The first-order valence-electron chi connectivity index (χ1n) is 10.9. The zero-order valence-electron chi connectivity index (χ0n) is 18.8. The molecule has 1 amide bonds. The Labute approximate surface area is 197 Å². The number of furan rings is 1. The molecule has 4 rings (SSSR count). The second-order valence-corrected chi connectivity index (χ2v) is 7.61. The molecule has 34 heavy (non-hydrogen) atoms. The average molecular weight is 459 g/mol. The molecule has 1 aliphatic heterocycles. The fourth-order valence-electron chi connectivity index (χ4n) is 3.94. The molecule has 174 valence electrons. The lowest BCUT2D eigenvalue weighted by atomic mass is 9.95. The van der Waals surface area contributed by atoms with Crippen LogP contribution in [-0.2, 0) is 16.1 Å². The molecular formula is C27H25NO6. The Hall–Kier alpha value is -4.26. The molecule has 3 aromatic rings. The number of amides is 1. The number of benzene rings is 2. The topological polar surface area (TPSA) is 89.2 Å². The van der Waals surface area contributed by atoms with Crippen molar-refractivity contribution in [3.05, 3.63) is 102 Å². The summed E-state index contributed by atoms with van der Waals surface area (Å²) in [6, 6.07) is 16.5. The van der Waals surface area contributed by atoms with E-state index in [0.29, 0.717) is 41.6 Å². The molecule has 1 aliphatic rings. The number of ketones is 1. The molecule has 0 radical (unpaired) electrons. The predicted octanol–water partition coefficient (Wildman–Crippen LogP) is 4.87. The maximum Gasteiger partial charge on any atom is 0.296 e. The predicted molar refractivity (Wildman–Crippen MR) is 126 cm³/mol. The van der Waals surface area contributed by atoms with Crippen LogP contribution < -0.4 is 9.47 Å². The standard InChI is InChI=1S/C27H25NO6/c1-3-14-34-21-13-12-19(16-22(21)32-4-2)24-23(25(29)18-9-6-5-7-10-18)26(30)27(31)28(24)17-20-11-8-15-33-20/h3,5-13,15-16,24,29H,1,4,14,17H2,2H3/b25-23+. The van der Waals surface area contributed by atoms with Gasteiger partial charge in [-0.2, -0.15) is 0 Å². The lowest BCUT2D eigenvalue weighted by Crippen LogP contribution is -2.29. The lowest BCUT2D eigenvalue weighted by Gasteiger charge is -2.25. The van der Waals surface area contributed by atoms with Crippen LogP contribution in [-0.4, -0.2) is 34.9 Å². The maximum absolute atomic E-state index is 13.2. The molecule has 1 unspecified atom stereocenters. The lowest BCUT2D eigenvalue weighted by molar-refractivity contribution is -0.140. The van der Waals surface area contributed by atoms with Crippen LogP contribution >= 0.6 is 0 Å². The highest BCUT2D eigenvalue weighted by Crippen LogP contribution is 2.42. The van der Waals surface area contributed by atoms with Crippen molar-refractivity contribution in [2.24, 2.45) is 0 Å². The molecule has 7 heteroatoms. The Morgan fingerprint density at radius 3 is 2.56 bits per heavy atom. The van der Waals surface area contributed by atoms with Crippen LogP contribution in [0.4, 0.5) is 0 Å². The number of aliphatic hydroxyl groups excluding tert-OH is 1. The fraction of sp³-hybridized carbons (Fsp3) is 0.185. The van der Waals surface area contributed by atoms with Gasteiger partial charge in [-0.1, -0.05) is 49.1 Å². The third-order valence-electron chi connectivity index (χ3n) is 5.43. The summed E-state index contributed by atoms with van der Waals surface area (Å²) < 4.78 is 16.9. The first-order chi connectivity index (χ1) is 16.5. The number of ether oxygens (including phenoxy) is 2. The number of aliphatic hydroxyl groups is 1. The molecule has 1 atom stereocenters. The Morgan fingerprint density at radius 2 is 1.88 bits per heavy atom. The largest absolute Gasteiger partial charge is 0.507 e. The van der Waals surface area contributed by atoms with Crippen molar-refractivity contribution in [2.45, 2.75) is 19.5 Å². The minimum Gasteiger partial charge on any atom is -0.507 e. The molecule has 2 heterocycles. The summed E-state index contributed by atoms with van der Waals surface area (Å²) >= 11 is 0. The second-order valence-electron chi connectivity index (χ2n) is 7.61. The Balaban J connectivity index is 1.86. The Kier molecular flexibility index (Phi) is 6.82. The van der Waals surface area contributed by atoms with E-state index in [9.17, 15) is 14.7 Å². The van der Waals surface area contributed by atoms with E-state index in [0.717, 1.165) is 0 Å². The molecule has 0 bridgehead atoms. The zero-order valence-corrected chi connectivity index (χ0v) is 18.8. The highest BCUT2D eigenvalue weighted by Gasteiger charge is 2.46. The SMILES string of the molecule is C=CCOc1ccc(C2/C(=C(\O)c3ccccc3)C(=O)C(=O)N2Cc2ccco2)cc1OCC. The van der Waals surface area contributed by atoms with E-state index < -0.39 is 17.7 Å². The highest BCUT2D eigenvalue weighted by atomic mass is 16.5. The minimum atomic E-state index is -0.849. The number of Topliss-reactive ketones (excluding diaryl/α,β-unsaturated/α-hetero) is 1. The number of hydrogen-bond donors (Lipinski definition) is 1. The maximum atomic E-state index is 13.2. The van der Waals surface area contributed by atoms with Crippen molar-refractivity contribution >= 4 is 17.4 Å². The zero-order chi connectivity index (χ0) is 24.1. The van der Waals surface area contributed by atoms with Crippen LogP contribution in [0, 0.1) is 0 Å². The first-order valence-corrected chi connectivity index (χ1v) is 10.9. The van der Waals surface area contributed by atoms with Crippen molar-refractivity contribution in [1.29, 1.82) is 0 Å². The van der Waals surface area contributed by atoms with Gasteiger partial charge in [0.15, 0.2) is 11.5 Å². The van der Waals surface area contributed by atoms with Crippen LogP contribution in [0.15, 0.2) is 89.6 Å². The minimum absolute atomic E-state index is 0.00460. The number of likely N-dealkylation sites (tertiary alicyclic amines) is 1. The van der Waals surface area contributed by atoms with Gasteiger partial charge in [0.2, 0.25) is 0 Å². The summed E-state index contributed by atoms with van der Waals surface area (Å²) in [5, 5.41) is 11.1. The Bertz CT molecular complexity index is 1210. The number of carbonyl (C=O) groups excluding carboxylic acids is 2. The molecule has 0 aliphatic carbocycles. The quantitative estimate of drug-likeness (QED) is 0.213. The van der Waals surface area contributed by atoms with Gasteiger partial charge in [-0.25, -0.2) is 0 Å². The first kappa shape index (κ1) is 22.9. The van der Waals surface area contributed by atoms with Gasteiger partial charge in [0.25, 0.3) is 11.7 Å². The van der Waals surface area contributed by atoms with E-state index in [2.05, 4.69) is 6.58 Å². The summed E-state index contributed by atoms with van der Waals surface area (Å²) in [6.07, 6.45) is 3.13. The second kappa shape index (κ2) is 10.1. The van der Waals surface area contributed by atoms with Crippen LogP contribution in [0.25, 0.3) is 5.76 Å². The van der Waals surface area contributed by atoms with Crippen LogP contribution in [0.5, 0.6) is 11.5 Å². The van der Waals surface area contributed by atoms with E-state index >= 15 is 0 Å². The van der Waals surface area contributed by atoms with Gasteiger partial charge >= 0.3 is 0 Å². The third-order valence-corrected chi connectivity index (χ3v) is 5.43. The summed E-state index contributed by atoms with van der Waals surface area (Å²) in [5.74, 6) is -0.230. The van der Waals surface area contributed by atoms with E-state index in [4.69, 9.17) is 13.9 Å². The monoisotopic (exact) mass is 459 g/mol. The molecule has 0 saturated carbocycles. The van der Waals surface area contributed by atoms with Crippen molar-refractivity contribution < 1.29 is 28.6 Å². The Morgan fingerprint density at radius 1 is 1.09 bits per heavy atom. The van der Waals surface area contributed by atoms with Gasteiger partial charge in [-0.3, -0.25) is 9.59 Å².